The van der Waals surface area contributed by atoms with Crippen LogP contribution in [0.1, 0.15) is 49.8 Å². The molecule has 0 aliphatic heterocycles. The SMILES string of the molecule is COc1ccc(C(OC[C@@H](OC(C)=O)[C@@H](CCC(CCOCCOCCN)N=O)OC(C)=O)(c2ccccc2)c2ccc(OC)cc2)cc1. The van der Waals surface area contributed by atoms with E-state index in [-0.39, 0.29) is 19.4 Å². The van der Waals surface area contributed by atoms with Crippen LogP contribution in [0.15, 0.2) is 84.0 Å². The first-order valence-electron chi connectivity index (χ1n) is 16.3. The number of carbonyl (C=O) groups is 2. The van der Waals surface area contributed by atoms with Crippen molar-refractivity contribution in [3.05, 3.63) is 100 Å². The highest BCUT2D eigenvalue weighted by Gasteiger charge is 2.40. The predicted octanol–water partition coefficient (Wildman–Crippen LogP) is 5.17. The van der Waals surface area contributed by atoms with Crippen LogP contribution in [0.3, 0.4) is 0 Å². The molecular formula is C37H48N2O10. The molecule has 3 atom stereocenters. The Hall–Kier alpha value is -4.36. The van der Waals surface area contributed by atoms with Gasteiger partial charge in [-0.3, -0.25) is 9.59 Å². The van der Waals surface area contributed by atoms with Gasteiger partial charge in [0.1, 0.15) is 23.2 Å². The molecule has 0 aliphatic rings. The van der Waals surface area contributed by atoms with E-state index in [2.05, 4.69) is 5.18 Å². The first-order valence-corrected chi connectivity index (χ1v) is 16.3. The number of carbonyl (C=O) groups excluding carboxylic acids is 2. The van der Waals surface area contributed by atoms with E-state index in [1.54, 1.807) is 14.2 Å². The molecule has 3 aromatic rings. The molecule has 0 saturated heterocycles. The van der Waals surface area contributed by atoms with Crippen LogP contribution in [-0.4, -0.2) is 84.0 Å². The lowest BCUT2D eigenvalue weighted by atomic mass is 9.80. The van der Waals surface area contributed by atoms with E-state index >= 15 is 0 Å². The van der Waals surface area contributed by atoms with Crippen LogP contribution in [0.4, 0.5) is 0 Å². The molecule has 266 valence electrons. The van der Waals surface area contributed by atoms with E-state index in [0.717, 1.165) is 16.7 Å². The summed E-state index contributed by atoms with van der Waals surface area (Å²) in [4.78, 5) is 36.5. The lowest BCUT2D eigenvalue weighted by Gasteiger charge is -2.38. The highest BCUT2D eigenvalue weighted by atomic mass is 16.6. The molecule has 0 aliphatic carbocycles. The summed E-state index contributed by atoms with van der Waals surface area (Å²) in [5, 5.41) is 3.26. The third-order valence-corrected chi connectivity index (χ3v) is 7.85. The molecule has 0 fully saturated rings. The average molecular weight is 681 g/mol. The van der Waals surface area contributed by atoms with Gasteiger partial charge in [-0.05, 0) is 60.2 Å². The first kappa shape index (κ1) is 39.1. The fourth-order valence-electron chi connectivity index (χ4n) is 5.48. The molecule has 1 unspecified atom stereocenters. The minimum atomic E-state index is -1.21. The van der Waals surface area contributed by atoms with Crippen molar-refractivity contribution in [2.24, 2.45) is 10.9 Å². The van der Waals surface area contributed by atoms with Crippen molar-refractivity contribution in [1.82, 2.24) is 0 Å². The zero-order chi connectivity index (χ0) is 35.5. The predicted molar refractivity (Wildman–Crippen MR) is 183 cm³/mol. The van der Waals surface area contributed by atoms with E-state index in [1.807, 2.05) is 78.9 Å². The molecule has 12 nitrogen and oxygen atoms in total. The number of esters is 2. The summed E-state index contributed by atoms with van der Waals surface area (Å²) in [6.07, 6.45) is -1.16. The van der Waals surface area contributed by atoms with Crippen molar-refractivity contribution in [2.75, 3.05) is 53.8 Å². The molecule has 3 rings (SSSR count). The second-order valence-corrected chi connectivity index (χ2v) is 11.2. The molecule has 0 radical (unpaired) electrons. The van der Waals surface area contributed by atoms with E-state index in [1.165, 1.54) is 13.8 Å². The number of methoxy groups -OCH3 is 2. The van der Waals surface area contributed by atoms with Gasteiger partial charge in [0.25, 0.3) is 0 Å². The van der Waals surface area contributed by atoms with Gasteiger partial charge in [0.15, 0.2) is 6.10 Å². The van der Waals surface area contributed by atoms with Gasteiger partial charge < -0.3 is 38.9 Å². The van der Waals surface area contributed by atoms with Crippen LogP contribution in [0, 0.1) is 4.91 Å². The lowest BCUT2D eigenvalue weighted by molar-refractivity contribution is -0.174. The Morgan fingerprint density at radius 3 is 1.67 bits per heavy atom. The summed E-state index contributed by atoms with van der Waals surface area (Å²) < 4.78 is 40.1. The molecule has 0 amide bonds. The largest absolute Gasteiger partial charge is 0.497 e. The highest BCUT2D eigenvalue weighted by molar-refractivity contribution is 5.67. The van der Waals surface area contributed by atoms with Crippen LogP contribution in [0.5, 0.6) is 11.5 Å². The molecule has 0 heterocycles. The topological polar surface area (TPSA) is 154 Å². The van der Waals surface area contributed by atoms with Crippen LogP contribution < -0.4 is 15.2 Å². The first-order chi connectivity index (χ1) is 23.8. The van der Waals surface area contributed by atoms with E-state index in [9.17, 15) is 14.5 Å². The van der Waals surface area contributed by atoms with Gasteiger partial charge >= 0.3 is 11.9 Å². The Labute approximate surface area is 288 Å². The van der Waals surface area contributed by atoms with Gasteiger partial charge in [0, 0.05) is 27.0 Å². The van der Waals surface area contributed by atoms with E-state index in [0.29, 0.717) is 50.9 Å². The summed E-state index contributed by atoms with van der Waals surface area (Å²) >= 11 is 0. The number of hydrogen-bond donors (Lipinski definition) is 1. The smallest absolute Gasteiger partial charge is 0.303 e. The standard InChI is InChI=1S/C37H48N2O10/c1-27(40)48-35(19-14-32(39-42)20-22-45-24-25-46-23-21-38)36(49-28(2)41)26-47-37(29-8-6-5-7-9-29,30-10-15-33(43-3)16-11-30)31-12-17-34(44-4)18-13-31/h5-13,15-18,32,35-36H,14,19-26,38H2,1-4H3/t32?,35-,36-/m1/s1. The van der Waals surface area contributed by atoms with Gasteiger partial charge in [-0.1, -0.05) is 59.8 Å². The third kappa shape index (κ3) is 11.9. The summed E-state index contributed by atoms with van der Waals surface area (Å²) in [7, 11) is 3.19. The van der Waals surface area contributed by atoms with Gasteiger partial charge in [-0.2, -0.15) is 4.91 Å². The maximum absolute atomic E-state index is 12.4. The number of benzene rings is 3. The van der Waals surface area contributed by atoms with Gasteiger partial charge in [-0.15, -0.1) is 0 Å². The van der Waals surface area contributed by atoms with Gasteiger partial charge in [-0.25, -0.2) is 0 Å². The zero-order valence-corrected chi connectivity index (χ0v) is 28.7. The fourth-order valence-corrected chi connectivity index (χ4v) is 5.48. The van der Waals surface area contributed by atoms with E-state index < -0.39 is 35.8 Å². The summed E-state index contributed by atoms with van der Waals surface area (Å²) in [5.41, 5.74) is 6.55. The molecule has 3 aromatic carbocycles. The summed E-state index contributed by atoms with van der Waals surface area (Å²) in [6, 6.07) is 24.0. The molecule has 0 saturated carbocycles. The fraction of sp³-hybridized carbons (Fsp3) is 0.459. The quantitative estimate of drug-likeness (QED) is 0.0610. The van der Waals surface area contributed by atoms with Crippen LogP contribution >= 0.6 is 0 Å². The van der Waals surface area contributed by atoms with Crippen molar-refractivity contribution >= 4 is 11.9 Å². The number of nitrogens with zero attached hydrogens (tertiary/aromatic N) is 1. The third-order valence-electron chi connectivity index (χ3n) is 7.85. The molecule has 49 heavy (non-hydrogen) atoms. The number of nitrogens with two attached hydrogens (primary N) is 1. The lowest BCUT2D eigenvalue weighted by Crippen LogP contribution is -2.42. The molecule has 0 spiro atoms. The maximum atomic E-state index is 12.4. The normalized spacial score (nSPS) is 13.2. The molecule has 2 N–H and O–H groups in total. The minimum absolute atomic E-state index is 0.171. The molecule has 0 bridgehead atoms. The Morgan fingerprint density at radius 1 is 0.673 bits per heavy atom. The van der Waals surface area contributed by atoms with Crippen molar-refractivity contribution in [1.29, 1.82) is 0 Å². The number of ether oxygens (including phenoxy) is 7. The Morgan fingerprint density at radius 2 is 1.18 bits per heavy atom. The van der Waals surface area contributed by atoms with Crippen molar-refractivity contribution < 1.29 is 42.7 Å². The summed E-state index contributed by atoms with van der Waals surface area (Å²) in [6.45, 7) is 4.30. The second kappa shape index (κ2) is 20.9. The highest BCUT2D eigenvalue weighted by Crippen LogP contribution is 2.42. The van der Waals surface area contributed by atoms with Crippen LogP contribution in [0.2, 0.25) is 0 Å². The number of rotatable bonds is 23. The van der Waals surface area contributed by atoms with Crippen LogP contribution in [-0.2, 0) is 38.9 Å². The second-order valence-electron chi connectivity index (χ2n) is 11.2. The number of nitroso groups, excluding NO2 is 1. The molecule has 12 heteroatoms. The average Bonchev–Trinajstić information content (AvgIpc) is 3.12. The van der Waals surface area contributed by atoms with Gasteiger partial charge in [0.05, 0.1) is 46.7 Å². The Balaban J connectivity index is 1.94. The molecule has 0 aromatic heterocycles. The number of hydrogen-bond acceptors (Lipinski definition) is 12. The van der Waals surface area contributed by atoms with Crippen molar-refractivity contribution in [3.8, 4) is 11.5 Å². The van der Waals surface area contributed by atoms with Crippen LogP contribution in [0.25, 0.3) is 0 Å². The minimum Gasteiger partial charge on any atom is -0.497 e. The molecular weight excluding hydrogens is 632 g/mol. The van der Waals surface area contributed by atoms with E-state index in [4.69, 9.17) is 38.9 Å². The monoisotopic (exact) mass is 680 g/mol. The van der Waals surface area contributed by atoms with Crippen molar-refractivity contribution in [3.63, 3.8) is 0 Å². The summed E-state index contributed by atoms with van der Waals surface area (Å²) in [5.74, 6) is 0.173. The maximum Gasteiger partial charge on any atom is 0.303 e. The van der Waals surface area contributed by atoms with Gasteiger partial charge in [0.2, 0.25) is 0 Å². The van der Waals surface area contributed by atoms with Crippen molar-refractivity contribution in [2.45, 2.75) is 57.0 Å². The Kier molecular flexibility index (Phi) is 16.7. The zero-order valence-electron chi connectivity index (χ0n) is 28.7. The Bertz CT molecular complexity index is 1360.